The van der Waals surface area contributed by atoms with Gasteiger partial charge in [-0.25, -0.2) is 36.0 Å². The molecule has 0 aromatic heterocycles. The van der Waals surface area contributed by atoms with Gasteiger partial charge in [0.05, 0.1) is 30.3 Å². The summed E-state index contributed by atoms with van der Waals surface area (Å²) in [6.45, 7) is 32.5. The number of alkyl halides is 3. The molecule has 0 spiro atoms. The van der Waals surface area contributed by atoms with Gasteiger partial charge >= 0.3 is 6.18 Å². The predicted molar refractivity (Wildman–Crippen MR) is 225 cm³/mol. The Hall–Kier alpha value is -6.06. The van der Waals surface area contributed by atoms with E-state index in [1.807, 2.05) is 66.7 Å². The highest BCUT2D eigenvalue weighted by Gasteiger charge is 2.34. The fraction of sp³-hybridized carbons (Fsp3) is 0.327. The zero-order valence-corrected chi connectivity index (χ0v) is 35.8. The molecule has 0 aliphatic carbocycles. The molecule has 5 aromatic carbocycles. The van der Waals surface area contributed by atoms with E-state index in [2.05, 4.69) is 63.4 Å². The number of benzene rings is 5. The Morgan fingerprint density at radius 1 is 0.492 bits per heavy atom. The molecule has 0 N–H and O–H groups in total. The van der Waals surface area contributed by atoms with Crippen molar-refractivity contribution in [2.75, 3.05) is 0 Å². The third kappa shape index (κ3) is 16.5. The Bertz CT molecular complexity index is 2260. The fourth-order valence-electron chi connectivity index (χ4n) is 5.24. The smallest absolute Gasteiger partial charge is 0.238 e. The zero-order valence-electron chi connectivity index (χ0n) is 35.8. The molecule has 0 heterocycles. The van der Waals surface area contributed by atoms with E-state index in [-0.39, 0.29) is 5.92 Å². The largest absolute Gasteiger partial charge is 0.419 e. The molecule has 12 heteroatoms. The van der Waals surface area contributed by atoms with Crippen molar-refractivity contribution in [3.05, 3.63) is 188 Å². The van der Waals surface area contributed by atoms with Crippen LogP contribution >= 0.6 is 0 Å². The molecule has 0 unspecified atom stereocenters. The molecule has 0 radical (unpaired) electrons. The molecular formula is C49H50F9N3. The molecule has 61 heavy (non-hydrogen) atoms. The summed E-state index contributed by atoms with van der Waals surface area (Å²) < 4.78 is 113. The highest BCUT2D eigenvalue weighted by atomic mass is 19.4. The van der Waals surface area contributed by atoms with Crippen LogP contribution in [0.3, 0.4) is 0 Å². The summed E-state index contributed by atoms with van der Waals surface area (Å²) in [4.78, 5) is 6.68. The second-order valence-electron chi connectivity index (χ2n) is 15.1. The minimum atomic E-state index is -4.62. The number of nitriles is 1. The average Bonchev–Trinajstić information content (AvgIpc) is 3.22. The summed E-state index contributed by atoms with van der Waals surface area (Å²) >= 11 is 0. The van der Waals surface area contributed by atoms with Gasteiger partial charge in [-0.15, -0.1) is 0 Å². The van der Waals surface area contributed by atoms with E-state index in [0.29, 0.717) is 23.3 Å². The Balaban J connectivity index is 0.000000383. The van der Waals surface area contributed by atoms with Gasteiger partial charge in [0.15, 0.2) is 34.6 Å². The van der Waals surface area contributed by atoms with Crippen molar-refractivity contribution >= 4 is 11.4 Å². The van der Waals surface area contributed by atoms with Crippen LogP contribution in [-0.4, -0.2) is 0 Å². The van der Waals surface area contributed by atoms with Crippen molar-refractivity contribution in [1.29, 1.82) is 5.26 Å². The summed E-state index contributed by atoms with van der Waals surface area (Å²) in [5.74, 6) is -9.95. The third-order valence-corrected chi connectivity index (χ3v) is 8.84. The maximum atomic E-state index is 12.9. The van der Waals surface area contributed by atoms with Crippen molar-refractivity contribution in [3.8, 4) is 6.07 Å². The Labute approximate surface area is 354 Å². The number of nitrogens with zero attached hydrogens (tertiary/aromatic N) is 3. The molecule has 5 aromatic rings. The Morgan fingerprint density at radius 3 is 1.36 bits per heavy atom. The van der Waals surface area contributed by atoms with Crippen LogP contribution < -0.4 is 0 Å². The minimum Gasteiger partial charge on any atom is -0.238 e. The second kappa shape index (κ2) is 24.9. The van der Waals surface area contributed by atoms with Gasteiger partial charge in [0.25, 0.3) is 0 Å². The molecular weight excluding hydrogens is 802 g/mol. The maximum absolute atomic E-state index is 12.9. The van der Waals surface area contributed by atoms with Gasteiger partial charge in [0, 0.05) is 5.56 Å². The molecule has 0 saturated heterocycles. The zero-order chi connectivity index (χ0) is 46.8. The summed E-state index contributed by atoms with van der Waals surface area (Å²) in [6.07, 6.45) is -4.62. The molecule has 0 bridgehead atoms. The van der Waals surface area contributed by atoms with Gasteiger partial charge in [-0.05, 0) is 64.5 Å². The van der Waals surface area contributed by atoms with Gasteiger partial charge in [-0.1, -0.05) is 148 Å². The van der Waals surface area contributed by atoms with Crippen LogP contribution in [-0.2, 0) is 6.18 Å². The monoisotopic (exact) mass is 851 g/mol. The van der Waals surface area contributed by atoms with E-state index in [0.717, 1.165) is 34.6 Å². The molecule has 0 saturated carbocycles. The van der Waals surface area contributed by atoms with E-state index < -0.39 is 58.1 Å². The van der Waals surface area contributed by atoms with Crippen LogP contribution in [0, 0.1) is 59.4 Å². The van der Waals surface area contributed by atoms with E-state index >= 15 is 0 Å². The van der Waals surface area contributed by atoms with E-state index in [1.54, 1.807) is 13.8 Å². The summed E-state index contributed by atoms with van der Waals surface area (Å²) in [6, 6.07) is 28.5. The van der Waals surface area contributed by atoms with Crippen molar-refractivity contribution < 1.29 is 39.5 Å². The van der Waals surface area contributed by atoms with Crippen LogP contribution in [0.15, 0.2) is 91.0 Å². The lowest BCUT2D eigenvalue weighted by Crippen LogP contribution is -2.09. The molecule has 324 valence electrons. The molecule has 0 fully saturated rings. The first-order valence-electron chi connectivity index (χ1n) is 19.2. The standard InChI is InChI=1S/C10H10F4.3C10H11N.C9H7F5/c1-6(2)7-3-4-9(11)8(5-7)10(12,13)14;1-8(2)9-4-6-10(11-3)7-5-9;1-8(2)9-5-4-6-10(7-9)11-3;1-8(2)10-6-4-3-5-9(10)7-11;1-3(2)4-5(10)7(12)9(14)8(13)6(4)11/h3-6H,1-2H3;2*4-8H,1-2H3;3-6,8H,1-2H3;3H,1-2H3. The van der Waals surface area contributed by atoms with Crippen LogP contribution in [0.5, 0.6) is 0 Å². The lowest BCUT2D eigenvalue weighted by Gasteiger charge is -2.11. The van der Waals surface area contributed by atoms with Crippen molar-refractivity contribution in [1.82, 2.24) is 0 Å². The van der Waals surface area contributed by atoms with E-state index in [4.69, 9.17) is 18.4 Å². The second-order valence-corrected chi connectivity index (χ2v) is 15.1. The summed E-state index contributed by atoms with van der Waals surface area (Å²) in [5.41, 5.74) is 4.42. The number of rotatable bonds is 5. The minimum absolute atomic E-state index is 0.0447. The van der Waals surface area contributed by atoms with Gasteiger partial charge in [0.2, 0.25) is 5.82 Å². The first kappa shape index (κ1) is 53.0. The van der Waals surface area contributed by atoms with Crippen LogP contribution in [0.25, 0.3) is 9.69 Å². The van der Waals surface area contributed by atoms with Crippen molar-refractivity contribution in [3.63, 3.8) is 0 Å². The summed E-state index contributed by atoms with van der Waals surface area (Å²) in [7, 11) is 0. The average molecular weight is 852 g/mol. The Morgan fingerprint density at radius 2 is 0.951 bits per heavy atom. The van der Waals surface area contributed by atoms with Crippen LogP contribution in [0.4, 0.5) is 50.9 Å². The van der Waals surface area contributed by atoms with Gasteiger partial charge in [-0.2, -0.15) is 18.4 Å². The number of hydrogen-bond acceptors (Lipinski definition) is 1. The highest BCUT2D eigenvalue weighted by molar-refractivity contribution is 5.47. The fourth-order valence-corrected chi connectivity index (χ4v) is 5.24. The summed E-state index contributed by atoms with van der Waals surface area (Å²) in [5, 5.41) is 8.72. The lowest BCUT2D eigenvalue weighted by molar-refractivity contribution is -0.140. The first-order valence-corrected chi connectivity index (χ1v) is 19.2. The van der Waals surface area contributed by atoms with Crippen molar-refractivity contribution in [2.24, 2.45) is 0 Å². The van der Waals surface area contributed by atoms with E-state index in [1.165, 1.54) is 31.0 Å². The molecule has 0 aliphatic rings. The number of hydrogen-bond donors (Lipinski definition) is 0. The SMILES string of the molecule is CC(C)c1c(F)c(F)c(F)c(F)c1F.CC(C)c1ccc(F)c(C(F)(F)F)c1.CC(C)c1ccccc1C#N.[C-]#[N+]c1ccc(C(C)C)cc1.[C-]#[N+]c1cccc(C(C)C)c1. The highest BCUT2D eigenvalue weighted by Crippen LogP contribution is 2.33. The molecule has 3 nitrogen and oxygen atoms in total. The molecule has 5 rings (SSSR count). The number of halogens is 9. The van der Waals surface area contributed by atoms with Gasteiger partial charge < -0.3 is 0 Å². The van der Waals surface area contributed by atoms with Crippen LogP contribution in [0.2, 0.25) is 0 Å². The Kier molecular flexibility index (Phi) is 21.6. The maximum Gasteiger partial charge on any atom is 0.419 e. The van der Waals surface area contributed by atoms with Crippen LogP contribution in [0.1, 0.15) is 138 Å². The molecule has 0 amide bonds. The normalized spacial score (nSPS) is 10.6. The molecule has 0 atom stereocenters. The quantitative estimate of drug-likeness (QED) is 0.0750. The van der Waals surface area contributed by atoms with Gasteiger partial charge in [0.1, 0.15) is 5.82 Å². The van der Waals surface area contributed by atoms with Gasteiger partial charge in [-0.3, -0.25) is 0 Å². The third-order valence-electron chi connectivity index (χ3n) is 8.84. The topological polar surface area (TPSA) is 32.5 Å². The van der Waals surface area contributed by atoms with E-state index in [9.17, 15) is 39.5 Å². The van der Waals surface area contributed by atoms with Crippen molar-refractivity contribution in [2.45, 2.75) is 105 Å². The lowest BCUT2D eigenvalue weighted by atomic mass is 9.98. The molecule has 0 aliphatic heterocycles. The predicted octanol–water partition coefficient (Wildman–Crippen LogP) is 16.9. The first-order chi connectivity index (χ1) is 28.4.